The first-order valence-corrected chi connectivity index (χ1v) is 6.14. The van der Waals surface area contributed by atoms with Crippen LogP contribution >= 0.6 is 0 Å². The number of nitrogens with two attached hydrogens (primary N) is 1. The smallest absolute Gasteiger partial charge is 0.411 e. The minimum absolute atomic E-state index is 0.350. The van der Waals surface area contributed by atoms with Crippen molar-refractivity contribution in [1.82, 2.24) is 0 Å². The van der Waals surface area contributed by atoms with Gasteiger partial charge in [-0.15, -0.1) is 0 Å². The first-order chi connectivity index (χ1) is 8.99. The number of carbonyl (C=O) groups is 1. The fourth-order valence-corrected chi connectivity index (χ4v) is 1.56. The molecule has 0 saturated carbocycles. The maximum atomic E-state index is 10.9. The quantitative estimate of drug-likeness (QED) is 0.611. The molecule has 1 atom stereocenters. The first-order valence-electron chi connectivity index (χ1n) is 6.14. The van der Waals surface area contributed by atoms with Crippen LogP contribution in [0.4, 0.5) is 16.2 Å². The van der Waals surface area contributed by atoms with Crippen LogP contribution in [0, 0.1) is 0 Å². The van der Waals surface area contributed by atoms with Crippen LogP contribution in [-0.2, 0) is 4.74 Å². The lowest BCUT2D eigenvalue weighted by Crippen LogP contribution is -2.25. The van der Waals surface area contributed by atoms with Crippen LogP contribution in [0.15, 0.2) is 18.2 Å². The second-order valence-corrected chi connectivity index (χ2v) is 3.97. The summed E-state index contributed by atoms with van der Waals surface area (Å²) in [5.74, 6) is 0.526. The fourth-order valence-electron chi connectivity index (χ4n) is 1.56. The third-order valence-electron chi connectivity index (χ3n) is 2.60. The highest BCUT2D eigenvalue weighted by atomic mass is 16.7. The van der Waals surface area contributed by atoms with E-state index in [2.05, 4.69) is 0 Å². The van der Waals surface area contributed by atoms with E-state index in [0.29, 0.717) is 30.2 Å². The first kappa shape index (κ1) is 15.1. The van der Waals surface area contributed by atoms with Crippen LogP contribution in [-0.4, -0.2) is 31.1 Å². The molecule has 6 nitrogen and oxygen atoms in total. The van der Waals surface area contributed by atoms with Crippen molar-refractivity contribution in [2.24, 2.45) is 0 Å². The zero-order chi connectivity index (χ0) is 14.4. The Hall–Kier alpha value is -1.95. The molecule has 0 aliphatic heterocycles. The molecule has 1 amide bonds. The predicted octanol–water partition coefficient (Wildman–Crippen LogP) is 2.53. The summed E-state index contributed by atoms with van der Waals surface area (Å²) in [7, 11) is 1.43. The molecule has 0 saturated heterocycles. The number of ether oxygens (including phenoxy) is 2. The zero-order valence-electron chi connectivity index (χ0n) is 11.4. The van der Waals surface area contributed by atoms with Crippen LogP contribution in [0.5, 0.6) is 5.75 Å². The van der Waals surface area contributed by atoms with E-state index in [1.165, 1.54) is 7.05 Å². The van der Waals surface area contributed by atoms with Crippen LogP contribution < -0.4 is 15.4 Å². The third kappa shape index (κ3) is 4.03. The van der Waals surface area contributed by atoms with Crippen molar-refractivity contribution >= 4 is 17.5 Å². The van der Waals surface area contributed by atoms with Gasteiger partial charge in [-0.1, -0.05) is 6.92 Å². The summed E-state index contributed by atoms with van der Waals surface area (Å²) in [6.45, 7) is 4.38. The number of benzene rings is 1. The molecule has 1 aromatic carbocycles. The topological polar surface area (TPSA) is 85.0 Å². The van der Waals surface area contributed by atoms with E-state index in [0.717, 1.165) is 4.90 Å². The molecular formula is C13H20N2O4. The Labute approximate surface area is 112 Å². The number of amides is 1. The van der Waals surface area contributed by atoms with Gasteiger partial charge in [0.05, 0.1) is 11.4 Å². The second-order valence-electron chi connectivity index (χ2n) is 3.97. The molecule has 1 unspecified atom stereocenters. The molecule has 0 fully saturated rings. The zero-order valence-corrected chi connectivity index (χ0v) is 11.4. The normalized spacial score (nSPS) is 11.9. The second kappa shape index (κ2) is 6.84. The molecule has 0 heterocycles. The largest absolute Gasteiger partial charge is 0.465 e. The molecule has 0 aromatic heterocycles. The van der Waals surface area contributed by atoms with Crippen molar-refractivity contribution in [3.63, 3.8) is 0 Å². The SMILES string of the molecule is CCOC(CC)Oc1ccc(N)c(N(C)C(=O)O)c1. The van der Waals surface area contributed by atoms with Crippen LogP contribution in [0.1, 0.15) is 20.3 Å². The Balaban J connectivity index is 2.92. The minimum Gasteiger partial charge on any atom is -0.465 e. The average molecular weight is 268 g/mol. The number of nitrogen functional groups attached to an aromatic ring is 1. The number of rotatable bonds is 6. The summed E-state index contributed by atoms with van der Waals surface area (Å²) in [5, 5.41) is 8.97. The molecule has 106 valence electrons. The Kier molecular flexibility index (Phi) is 5.44. The number of nitrogens with zero attached hydrogens (tertiary/aromatic N) is 1. The fraction of sp³-hybridized carbons (Fsp3) is 0.462. The highest BCUT2D eigenvalue weighted by Gasteiger charge is 2.14. The van der Waals surface area contributed by atoms with Crippen molar-refractivity contribution in [1.29, 1.82) is 0 Å². The van der Waals surface area contributed by atoms with Crippen LogP contribution in [0.2, 0.25) is 0 Å². The number of carboxylic acid groups (broad SMARTS) is 1. The number of anilines is 2. The van der Waals surface area contributed by atoms with Gasteiger partial charge in [0.15, 0.2) is 6.29 Å². The Morgan fingerprint density at radius 1 is 1.47 bits per heavy atom. The van der Waals surface area contributed by atoms with Gasteiger partial charge in [-0.25, -0.2) is 4.79 Å². The maximum absolute atomic E-state index is 10.9. The molecule has 3 N–H and O–H groups in total. The van der Waals surface area contributed by atoms with Crippen LogP contribution in [0.3, 0.4) is 0 Å². The number of hydrogen-bond acceptors (Lipinski definition) is 4. The predicted molar refractivity (Wildman–Crippen MR) is 73.6 cm³/mol. The summed E-state index contributed by atoms with van der Waals surface area (Å²) >= 11 is 0. The maximum Gasteiger partial charge on any atom is 0.411 e. The Bertz CT molecular complexity index is 437. The lowest BCUT2D eigenvalue weighted by Gasteiger charge is -2.20. The van der Waals surface area contributed by atoms with Gasteiger partial charge in [-0.3, -0.25) is 4.90 Å². The molecule has 1 aromatic rings. The molecule has 0 radical (unpaired) electrons. The summed E-state index contributed by atoms with van der Waals surface area (Å²) < 4.78 is 11.0. The van der Waals surface area contributed by atoms with Gasteiger partial charge in [-0.05, 0) is 19.1 Å². The molecule has 0 bridgehead atoms. The summed E-state index contributed by atoms with van der Waals surface area (Å²) in [6, 6.07) is 4.89. The molecule has 0 aliphatic carbocycles. The van der Waals surface area contributed by atoms with Gasteiger partial charge in [0, 0.05) is 26.1 Å². The van der Waals surface area contributed by atoms with Crippen LogP contribution in [0.25, 0.3) is 0 Å². The summed E-state index contributed by atoms with van der Waals surface area (Å²) in [6.07, 6.45) is -0.736. The number of hydrogen-bond donors (Lipinski definition) is 2. The van der Waals surface area contributed by atoms with Gasteiger partial charge >= 0.3 is 6.09 Å². The Morgan fingerprint density at radius 2 is 2.16 bits per heavy atom. The van der Waals surface area contributed by atoms with Crippen molar-refractivity contribution in [2.75, 3.05) is 24.3 Å². The molecule has 19 heavy (non-hydrogen) atoms. The van der Waals surface area contributed by atoms with Gasteiger partial charge in [0.2, 0.25) is 0 Å². The molecule has 0 spiro atoms. The monoisotopic (exact) mass is 268 g/mol. The van der Waals surface area contributed by atoms with Crippen molar-refractivity contribution in [2.45, 2.75) is 26.6 Å². The highest BCUT2D eigenvalue weighted by Crippen LogP contribution is 2.28. The van der Waals surface area contributed by atoms with E-state index < -0.39 is 6.09 Å². The van der Waals surface area contributed by atoms with E-state index in [-0.39, 0.29) is 6.29 Å². The molecule has 6 heteroatoms. The minimum atomic E-state index is -1.08. The molecule has 0 aliphatic rings. The van der Waals surface area contributed by atoms with E-state index in [1.54, 1.807) is 18.2 Å². The lowest BCUT2D eigenvalue weighted by atomic mass is 10.2. The summed E-state index contributed by atoms with van der Waals surface area (Å²) in [5.41, 5.74) is 6.52. The average Bonchev–Trinajstić information content (AvgIpc) is 2.39. The van der Waals surface area contributed by atoms with Crippen molar-refractivity contribution < 1.29 is 19.4 Å². The van der Waals surface area contributed by atoms with E-state index in [4.69, 9.17) is 20.3 Å². The van der Waals surface area contributed by atoms with E-state index in [9.17, 15) is 4.79 Å². The third-order valence-corrected chi connectivity index (χ3v) is 2.60. The molecular weight excluding hydrogens is 248 g/mol. The lowest BCUT2D eigenvalue weighted by molar-refractivity contribution is -0.0766. The highest BCUT2D eigenvalue weighted by molar-refractivity contribution is 5.90. The standard InChI is InChI=1S/C13H20N2O4/c1-4-12(18-5-2)19-9-6-7-10(14)11(8-9)15(3)13(16)17/h6-8,12H,4-5,14H2,1-3H3,(H,16,17). The Morgan fingerprint density at radius 3 is 2.68 bits per heavy atom. The molecule has 1 rings (SSSR count). The van der Waals surface area contributed by atoms with E-state index >= 15 is 0 Å². The summed E-state index contributed by atoms with van der Waals surface area (Å²) in [4.78, 5) is 12.0. The van der Waals surface area contributed by atoms with Gasteiger partial charge in [0.25, 0.3) is 0 Å². The van der Waals surface area contributed by atoms with Gasteiger partial charge < -0.3 is 20.3 Å². The van der Waals surface area contributed by atoms with E-state index in [1.807, 2.05) is 13.8 Å². The van der Waals surface area contributed by atoms with Gasteiger partial charge in [-0.2, -0.15) is 0 Å². The van der Waals surface area contributed by atoms with Crippen molar-refractivity contribution in [3.8, 4) is 5.75 Å². The van der Waals surface area contributed by atoms with Gasteiger partial charge in [0.1, 0.15) is 5.75 Å². The van der Waals surface area contributed by atoms with Crippen molar-refractivity contribution in [3.05, 3.63) is 18.2 Å².